The van der Waals surface area contributed by atoms with E-state index in [0.29, 0.717) is 6.42 Å². The molecule has 0 saturated heterocycles. The predicted molar refractivity (Wildman–Crippen MR) is 54.0 cm³/mol. The van der Waals surface area contributed by atoms with E-state index in [1.165, 1.54) is 0 Å². The maximum absolute atomic E-state index is 14.1. The van der Waals surface area contributed by atoms with Crippen molar-refractivity contribution in [3.05, 3.63) is 35.9 Å². The van der Waals surface area contributed by atoms with Gasteiger partial charge in [0.2, 0.25) is 0 Å². The smallest absolute Gasteiger partial charge is 0.120 e. The molecule has 2 unspecified atom stereocenters. The van der Waals surface area contributed by atoms with Crippen molar-refractivity contribution in [1.82, 2.24) is 0 Å². The Hall–Kier alpha value is -0.890. The van der Waals surface area contributed by atoms with Crippen molar-refractivity contribution in [3.8, 4) is 0 Å². The Labute approximate surface area is 83.6 Å². The molecular weight excluding hydrogens is 179 g/mol. The van der Waals surface area contributed by atoms with Crippen LogP contribution in [0.15, 0.2) is 30.3 Å². The van der Waals surface area contributed by atoms with Crippen molar-refractivity contribution in [2.75, 3.05) is 6.61 Å². The summed E-state index contributed by atoms with van der Waals surface area (Å²) in [7, 11) is 0. The number of aliphatic hydroxyl groups excluding tert-OH is 1. The molecule has 1 aromatic carbocycles. The first kappa shape index (κ1) is 9.66. The lowest BCUT2D eigenvalue weighted by molar-refractivity contribution is -0.0623. The van der Waals surface area contributed by atoms with Gasteiger partial charge in [-0.3, -0.25) is 0 Å². The zero-order chi connectivity index (χ0) is 10.2. The second kappa shape index (κ2) is 3.06. The fourth-order valence-corrected chi connectivity index (χ4v) is 2.31. The second-order valence-corrected chi connectivity index (χ2v) is 4.30. The monoisotopic (exact) mass is 194 g/mol. The lowest BCUT2D eigenvalue weighted by Gasteiger charge is -2.52. The summed E-state index contributed by atoms with van der Waals surface area (Å²) in [6.45, 7) is 1.48. The third-order valence-corrected chi connectivity index (χ3v) is 3.62. The van der Waals surface area contributed by atoms with Gasteiger partial charge in [0, 0.05) is 0 Å². The highest BCUT2D eigenvalue weighted by atomic mass is 19.1. The number of hydrogen-bond donors (Lipinski definition) is 1. The van der Waals surface area contributed by atoms with Crippen LogP contribution < -0.4 is 0 Å². The molecule has 1 fully saturated rings. The van der Waals surface area contributed by atoms with Crippen molar-refractivity contribution in [3.63, 3.8) is 0 Å². The molecule has 0 spiro atoms. The fourth-order valence-electron chi connectivity index (χ4n) is 2.31. The van der Waals surface area contributed by atoms with E-state index in [9.17, 15) is 9.50 Å². The van der Waals surface area contributed by atoms with Gasteiger partial charge in [0.25, 0.3) is 0 Å². The van der Waals surface area contributed by atoms with Crippen LogP contribution >= 0.6 is 0 Å². The summed E-state index contributed by atoms with van der Waals surface area (Å²) >= 11 is 0. The summed E-state index contributed by atoms with van der Waals surface area (Å²) in [6.07, 6.45) is 1.28. The Kier molecular flexibility index (Phi) is 2.11. The average molecular weight is 194 g/mol. The van der Waals surface area contributed by atoms with Crippen molar-refractivity contribution >= 4 is 0 Å². The molecule has 0 aromatic heterocycles. The number of hydrogen-bond acceptors (Lipinski definition) is 1. The molecule has 0 heterocycles. The standard InChI is InChI=1S/C12H15FO/c1-11(13)7-8-12(11,9-14)10-5-3-2-4-6-10/h2-6,14H,7-9H2,1H3. The van der Waals surface area contributed by atoms with E-state index in [2.05, 4.69) is 0 Å². The topological polar surface area (TPSA) is 20.2 Å². The Morgan fingerprint density at radius 2 is 1.93 bits per heavy atom. The van der Waals surface area contributed by atoms with Crippen LogP contribution in [0, 0.1) is 0 Å². The van der Waals surface area contributed by atoms with Crippen LogP contribution in [0.25, 0.3) is 0 Å². The first-order chi connectivity index (χ1) is 6.62. The third-order valence-electron chi connectivity index (χ3n) is 3.62. The normalized spacial score (nSPS) is 36.5. The summed E-state index contributed by atoms with van der Waals surface area (Å²) in [4.78, 5) is 0. The van der Waals surface area contributed by atoms with Gasteiger partial charge in [-0.1, -0.05) is 30.3 Å². The molecule has 0 bridgehead atoms. The highest BCUT2D eigenvalue weighted by Gasteiger charge is 2.57. The Balaban J connectivity index is 2.40. The van der Waals surface area contributed by atoms with Crippen LogP contribution in [0.4, 0.5) is 4.39 Å². The molecule has 0 aliphatic heterocycles. The van der Waals surface area contributed by atoms with Crippen LogP contribution in [0.3, 0.4) is 0 Å². The molecule has 1 aromatic rings. The lowest BCUT2D eigenvalue weighted by atomic mass is 9.56. The van der Waals surface area contributed by atoms with Crippen molar-refractivity contribution in [2.24, 2.45) is 0 Å². The van der Waals surface area contributed by atoms with E-state index in [0.717, 1.165) is 12.0 Å². The summed E-state index contributed by atoms with van der Waals surface area (Å²) in [5, 5.41) is 9.39. The molecule has 1 nitrogen and oxygen atoms in total. The van der Waals surface area contributed by atoms with Gasteiger partial charge in [0.15, 0.2) is 0 Å². The van der Waals surface area contributed by atoms with Gasteiger partial charge in [0.1, 0.15) is 5.67 Å². The maximum Gasteiger partial charge on any atom is 0.120 e. The second-order valence-electron chi connectivity index (χ2n) is 4.30. The third kappa shape index (κ3) is 1.10. The van der Waals surface area contributed by atoms with Crippen molar-refractivity contribution < 1.29 is 9.50 Å². The molecule has 2 rings (SSSR count). The van der Waals surface area contributed by atoms with Crippen LogP contribution in [0.1, 0.15) is 25.3 Å². The molecule has 2 atom stereocenters. The Morgan fingerprint density at radius 3 is 2.29 bits per heavy atom. The minimum atomic E-state index is -1.26. The van der Waals surface area contributed by atoms with Crippen molar-refractivity contribution in [2.45, 2.75) is 30.8 Å². The first-order valence-corrected chi connectivity index (χ1v) is 4.98. The van der Waals surface area contributed by atoms with E-state index in [-0.39, 0.29) is 6.61 Å². The Morgan fingerprint density at radius 1 is 1.29 bits per heavy atom. The van der Waals surface area contributed by atoms with Crippen molar-refractivity contribution in [1.29, 1.82) is 0 Å². The number of halogens is 1. The zero-order valence-electron chi connectivity index (χ0n) is 8.33. The molecule has 0 radical (unpaired) electrons. The van der Waals surface area contributed by atoms with Gasteiger partial charge in [-0.15, -0.1) is 0 Å². The number of aliphatic hydroxyl groups is 1. The van der Waals surface area contributed by atoms with Crippen LogP contribution in [-0.2, 0) is 5.41 Å². The van der Waals surface area contributed by atoms with Gasteiger partial charge in [-0.05, 0) is 25.3 Å². The molecule has 1 saturated carbocycles. The molecule has 2 heteroatoms. The van der Waals surface area contributed by atoms with E-state index in [1.54, 1.807) is 6.92 Å². The van der Waals surface area contributed by atoms with Crippen LogP contribution in [-0.4, -0.2) is 17.4 Å². The average Bonchev–Trinajstić information content (AvgIpc) is 2.19. The molecule has 1 N–H and O–H groups in total. The summed E-state index contributed by atoms with van der Waals surface area (Å²) in [5.41, 5.74) is -1.00. The highest BCUT2D eigenvalue weighted by Crippen LogP contribution is 2.53. The number of benzene rings is 1. The number of alkyl halides is 1. The van der Waals surface area contributed by atoms with E-state index in [1.807, 2.05) is 30.3 Å². The largest absolute Gasteiger partial charge is 0.395 e. The van der Waals surface area contributed by atoms with Crippen LogP contribution in [0.5, 0.6) is 0 Å². The summed E-state index contributed by atoms with van der Waals surface area (Å²) in [6, 6.07) is 9.48. The molecule has 0 amide bonds. The van der Waals surface area contributed by atoms with E-state index >= 15 is 0 Å². The minimum absolute atomic E-state index is 0.107. The van der Waals surface area contributed by atoms with Gasteiger partial charge >= 0.3 is 0 Å². The highest BCUT2D eigenvalue weighted by molar-refractivity contribution is 5.33. The SMILES string of the molecule is CC1(F)CCC1(CO)c1ccccc1. The van der Waals surface area contributed by atoms with E-state index in [4.69, 9.17) is 0 Å². The molecule has 14 heavy (non-hydrogen) atoms. The molecule has 1 aliphatic carbocycles. The number of rotatable bonds is 2. The fraction of sp³-hybridized carbons (Fsp3) is 0.500. The maximum atomic E-state index is 14.1. The van der Waals surface area contributed by atoms with Gasteiger partial charge in [0.05, 0.1) is 12.0 Å². The van der Waals surface area contributed by atoms with Gasteiger partial charge in [-0.2, -0.15) is 0 Å². The molecule has 76 valence electrons. The zero-order valence-corrected chi connectivity index (χ0v) is 8.33. The molecule has 1 aliphatic rings. The summed E-state index contributed by atoms with van der Waals surface area (Å²) in [5.74, 6) is 0. The van der Waals surface area contributed by atoms with Gasteiger partial charge < -0.3 is 5.11 Å². The van der Waals surface area contributed by atoms with Gasteiger partial charge in [-0.25, -0.2) is 4.39 Å². The Bertz CT molecular complexity index is 316. The van der Waals surface area contributed by atoms with E-state index < -0.39 is 11.1 Å². The first-order valence-electron chi connectivity index (χ1n) is 4.98. The summed E-state index contributed by atoms with van der Waals surface area (Å²) < 4.78 is 14.1. The lowest BCUT2D eigenvalue weighted by Crippen LogP contribution is -2.57. The quantitative estimate of drug-likeness (QED) is 0.766. The minimum Gasteiger partial charge on any atom is -0.395 e. The van der Waals surface area contributed by atoms with Crippen LogP contribution in [0.2, 0.25) is 0 Å². The molecular formula is C12H15FO. The predicted octanol–water partition coefficient (Wildman–Crippen LogP) is 2.44.